The lowest BCUT2D eigenvalue weighted by molar-refractivity contribution is 0.650. The molecule has 120 valence electrons. The van der Waals surface area contributed by atoms with E-state index in [1.54, 1.807) is 6.20 Å². The number of benzene rings is 2. The first kappa shape index (κ1) is 15.6. The van der Waals surface area contributed by atoms with Gasteiger partial charge in [0.15, 0.2) is 5.58 Å². The summed E-state index contributed by atoms with van der Waals surface area (Å²) >= 11 is 9.65. The second-order valence-electron chi connectivity index (χ2n) is 5.44. The van der Waals surface area contributed by atoms with Crippen LogP contribution in [0.25, 0.3) is 22.1 Å². The molecule has 4 aromatic rings. The van der Waals surface area contributed by atoms with Crippen molar-refractivity contribution in [3.8, 4) is 0 Å². The molecule has 2 aromatic carbocycles. The summed E-state index contributed by atoms with van der Waals surface area (Å²) in [5.74, 6) is 0.720. The number of hydrogen-bond donors (Lipinski definition) is 1. The van der Waals surface area contributed by atoms with E-state index in [4.69, 9.17) is 16.0 Å². The smallest absolute Gasteiger partial charge is 0.172 e. The van der Waals surface area contributed by atoms with Crippen LogP contribution in [-0.2, 0) is 13.1 Å². The van der Waals surface area contributed by atoms with Gasteiger partial charge in [-0.05, 0) is 29.8 Å². The summed E-state index contributed by atoms with van der Waals surface area (Å²) in [7, 11) is 0. The largest absolute Gasteiger partial charge is 0.453 e. The first-order valence-corrected chi connectivity index (χ1v) is 8.65. The van der Waals surface area contributed by atoms with E-state index in [-0.39, 0.29) is 0 Å². The number of hydrogen-bond acceptors (Lipinski definition) is 4. The zero-order valence-corrected chi connectivity index (χ0v) is 14.9. The highest BCUT2D eigenvalue weighted by Gasteiger charge is 2.10. The van der Waals surface area contributed by atoms with E-state index >= 15 is 0 Å². The molecule has 0 fully saturated rings. The highest BCUT2D eigenvalue weighted by atomic mass is 79.9. The van der Waals surface area contributed by atoms with Gasteiger partial charge in [-0.3, -0.25) is 0 Å². The fourth-order valence-corrected chi connectivity index (χ4v) is 3.17. The second kappa shape index (κ2) is 6.51. The first-order valence-electron chi connectivity index (χ1n) is 7.48. The molecule has 2 heterocycles. The minimum atomic E-state index is 0.557. The van der Waals surface area contributed by atoms with Crippen LogP contribution < -0.4 is 5.32 Å². The maximum absolute atomic E-state index is 6.16. The summed E-state index contributed by atoms with van der Waals surface area (Å²) in [5.41, 5.74) is 3.38. The third kappa shape index (κ3) is 3.02. The average molecular weight is 403 g/mol. The van der Waals surface area contributed by atoms with Gasteiger partial charge >= 0.3 is 0 Å². The molecule has 4 nitrogen and oxygen atoms in total. The number of nitrogens with one attached hydrogen (secondary N) is 1. The summed E-state index contributed by atoms with van der Waals surface area (Å²) in [6, 6.07) is 13.7. The Morgan fingerprint density at radius 1 is 1.08 bits per heavy atom. The molecular formula is C18H13BrClN3O. The van der Waals surface area contributed by atoms with Crippen molar-refractivity contribution in [3.63, 3.8) is 0 Å². The van der Waals surface area contributed by atoms with E-state index in [9.17, 15) is 0 Å². The van der Waals surface area contributed by atoms with E-state index in [1.807, 2.05) is 42.5 Å². The van der Waals surface area contributed by atoms with Crippen molar-refractivity contribution >= 4 is 49.6 Å². The van der Waals surface area contributed by atoms with Gasteiger partial charge in [0.05, 0.1) is 12.7 Å². The molecule has 0 spiro atoms. The fourth-order valence-electron chi connectivity index (χ4n) is 2.61. The quantitative estimate of drug-likeness (QED) is 0.517. The van der Waals surface area contributed by atoms with Crippen LogP contribution in [0.1, 0.15) is 11.4 Å². The van der Waals surface area contributed by atoms with Gasteiger partial charge in [-0.1, -0.05) is 45.7 Å². The topological polar surface area (TPSA) is 51.0 Å². The summed E-state index contributed by atoms with van der Waals surface area (Å²) in [6.45, 7) is 1.22. The van der Waals surface area contributed by atoms with Gasteiger partial charge in [0, 0.05) is 21.4 Å². The normalized spacial score (nSPS) is 11.4. The van der Waals surface area contributed by atoms with Crippen molar-refractivity contribution in [1.82, 2.24) is 15.3 Å². The molecule has 0 aliphatic carbocycles. The van der Waals surface area contributed by atoms with Crippen LogP contribution in [-0.4, -0.2) is 9.97 Å². The van der Waals surface area contributed by atoms with Gasteiger partial charge in [0.1, 0.15) is 16.9 Å². The van der Waals surface area contributed by atoms with E-state index in [1.165, 1.54) is 0 Å². The van der Waals surface area contributed by atoms with Gasteiger partial charge in [0.2, 0.25) is 0 Å². The minimum Gasteiger partial charge on any atom is -0.453 e. The molecule has 0 aliphatic heterocycles. The molecule has 0 amide bonds. The fraction of sp³-hybridized carbons (Fsp3) is 0.111. The van der Waals surface area contributed by atoms with Gasteiger partial charge in [-0.15, -0.1) is 0 Å². The van der Waals surface area contributed by atoms with Gasteiger partial charge in [-0.25, -0.2) is 9.97 Å². The molecule has 0 radical (unpaired) electrons. The Morgan fingerprint density at radius 3 is 2.83 bits per heavy atom. The second-order valence-corrected chi connectivity index (χ2v) is 6.76. The molecule has 2 aromatic heterocycles. The predicted octanol–water partition coefficient (Wildman–Crippen LogP) is 5.08. The zero-order valence-electron chi connectivity index (χ0n) is 12.6. The predicted molar refractivity (Wildman–Crippen MR) is 99.0 cm³/mol. The number of furan rings is 1. The number of halogens is 2. The Bertz CT molecular complexity index is 1030. The van der Waals surface area contributed by atoms with Gasteiger partial charge in [0.25, 0.3) is 0 Å². The van der Waals surface area contributed by atoms with Crippen molar-refractivity contribution in [2.75, 3.05) is 0 Å². The highest BCUT2D eigenvalue weighted by molar-refractivity contribution is 9.10. The minimum absolute atomic E-state index is 0.557. The molecule has 0 saturated heterocycles. The SMILES string of the molecule is Clc1ccccc1CNCc1ncc2oc3ccc(Br)cc3c2n1. The lowest BCUT2D eigenvalue weighted by Gasteiger charge is -2.05. The summed E-state index contributed by atoms with van der Waals surface area (Å²) in [6.07, 6.45) is 1.72. The number of fused-ring (bicyclic) bond motifs is 3. The Labute approximate surface area is 152 Å². The van der Waals surface area contributed by atoms with Crippen LogP contribution in [0.4, 0.5) is 0 Å². The maximum atomic E-state index is 6.16. The van der Waals surface area contributed by atoms with E-state index in [0.717, 1.165) is 37.4 Å². The molecule has 0 saturated carbocycles. The molecule has 0 aliphatic rings. The van der Waals surface area contributed by atoms with Gasteiger partial charge in [-0.2, -0.15) is 0 Å². The molecule has 4 rings (SSSR count). The monoisotopic (exact) mass is 401 g/mol. The summed E-state index contributed by atoms with van der Waals surface area (Å²) in [5, 5.41) is 5.06. The molecule has 0 atom stereocenters. The Morgan fingerprint density at radius 2 is 1.96 bits per heavy atom. The highest BCUT2D eigenvalue weighted by Crippen LogP contribution is 2.29. The third-order valence-electron chi connectivity index (χ3n) is 3.78. The van der Waals surface area contributed by atoms with Gasteiger partial charge < -0.3 is 9.73 Å². The van der Waals surface area contributed by atoms with Crippen LogP contribution in [0.5, 0.6) is 0 Å². The molecule has 6 heteroatoms. The Balaban J connectivity index is 1.57. The Kier molecular flexibility index (Phi) is 4.22. The van der Waals surface area contributed by atoms with E-state index < -0.39 is 0 Å². The molecule has 1 N–H and O–H groups in total. The summed E-state index contributed by atoms with van der Waals surface area (Å²) in [4.78, 5) is 9.00. The Hall–Kier alpha value is -1.95. The maximum Gasteiger partial charge on any atom is 0.172 e. The standard InChI is InChI=1S/C18H13BrClN3O/c19-12-5-6-15-13(7-12)18-16(24-15)9-22-17(23-18)10-21-8-11-3-1-2-4-14(11)20/h1-7,9,21H,8,10H2. The van der Waals surface area contributed by atoms with Crippen molar-refractivity contribution < 1.29 is 4.42 Å². The molecule has 0 bridgehead atoms. The number of aromatic nitrogens is 2. The average Bonchev–Trinajstić information content (AvgIpc) is 2.94. The lowest BCUT2D eigenvalue weighted by atomic mass is 10.2. The summed E-state index contributed by atoms with van der Waals surface area (Å²) < 4.78 is 6.76. The molecule has 0 unspecified atom stereocenters. The first-order chi connectivity index (χ1) is 11.7. The van der Waals surface area contributed by atoms with Crippen LogP contribution >= 0.6 is 27.5 Å². The zero-order chi connectivity index (χ0) is 16.5. The van der Waals surface area contributed by atoms with Crippen molar-refractivity contribution in [2.24, 2.45) is 0 Å². The van der Waals surface area contributed by atoms with Crippen LogP contribution in [0.3, 0.4) is 0 Å². The molecule has 24 heavy (non-hydrogen) atoms. The van der Waals surface area contributed by atoms with Crippen molar-refractivity contribution in [3.05, 3.63) is 69.5 Å². The van der Waals surface area contributed by atoms with Crippen LogP contribution in [0.15, 0.2) is 57.6 Å². The van der Waals surface area contributed by atoms with Crippen LogP contribution in [0, 0.1) is 0 Å². The van der Waals surface area contributed by atoms with Crippen molar-refractivity contribution in [1.29, 1.82) is 0 Å². The van der Waals surface area contributed by atoms with Crippen molar-refractivity contribution in [2.45, 2.75) is 13.1 Å². The molecular weight excluding hydrogens is 390 g/mol. The van der Waals surface area contributed by atoms with E-state index in [0.29, 0.717) is 18.7 Å². The van der Waals surface area contributed by atoms with Crippen LogP contribution in [0.2, 0.25) is 5.02 Å². The lowest BCUT2D eigenvalue weighted by Crippen LogP contribution is -2.15. The third-order valence-corrected chi connectivity index (χ3v) is 4.64. The van der Waals surface area contributed by atoms with E-state index in [2.05, 4.69) is 31.2 Å². The number of rotatable bonds is 4. The number of nitrogens with zero attached hydrogens (tertiary/aromatic N) is 2.